The van der Waals surface area contributed by atoms with E-state index in [2.05, 4.69) is 12.8 Å². The van der Waals surface area contributed by atoms with Crippen LogP contribution in [0.4, 0.5) is 13.2 Å². The quantitative estimate of drug-likeness (QED) is 0.501. The summed E-state index contributed by atoms with van der Waals surface area (Å²) in [6.45, 7) is 2.27. The van der Waals surface area contributed by atoms with Crippen LogP contribution in [-0.4, -0.2) is 5.87 Å². The maximum Gasteiger partial charge on any atom is 0.416 e. The molecule has 0 radical (unpaired) electrons. The molecule has 1 aliphatic rings. The summed E-state index contributed by atoms with van der Waals surface area (Å²) in [5.41, 5.74) is -0.665. The van der Waals surface area contributed by atoms with Gasteiger partial charge >= 0.3 is 6.18 Å². The zero-order chi connectivity index (χ0) is 16.6. The summed E-state index contributed by atoms with van der Waals surface area (Å²) in [6.07, 6.45) is 6.12. The number of hydrogen-bond donors (Lipinski definition) is 1. The van der Waals surface area contributed by atoms with Crippen molar-refractivity contribution in [3.8, 4) is 0 Å². The summed E-state index contributed by atoms with van der Waals surface area (Å²) < 4.78 is 36.2. The van der Waals surface area contributed by atoms with Crippen LogP contribution in [0.1, 0.15) is 57.4 Å². The molecule has 1 saturated carbocycles. The Kier molecular flexibility index (Phi) is 8.18. The van der Waals surface area contributed by atoms with Gasteiger partial charge in [0, 0.05) is 4.90 Å². The van der Waals surface area contributed by atoms with Crippen LogP contribution in [0, 0.1) is 5.92 Å². The molecule has 126 valence electrons. The number of hydrogen-bond acceptors (Lipinski definition) is 1. The molecule has 1 fully saturated rings. The molecule has 0 amide bonds. The van der Waals surface area contributed by atoms with Gasteiger partial charge in [0.15, 0.2) is 0 Å². The zero-order valence-corrected chi connectivity index (χ0v) is 14.0. The van der Waals surface area contributed by atoms with Crippen molar-refractivity contribution in [1.82, 2.24) is 0 Å². The lowest BCUT2D eigenvalue weighted by atomic mass is 10.1. The van der Waals surface area contributed by atoms with Gasteiger partial charge in [0.25, 0.3) is 0 Å². The van der Waals surface area contributed by atoms with E-state index in [1.807, 2.05) is 0 Å². The zero-order valence-electron chi connectivity index (χ0n) is 13.2. The van der Waals surface area contributed by atoms with Crippen LogP contribution in [0.5, 0.6) is 0 Å². The fourth-order valence-electron chi connectivity index (χ4n) is 2.09. The van der Waals surface area contributed by atoms with E-state index < -0.39 is 22.4 Å². The third-order valence-corrected chi connectivity index (χ3v) is 4.52. The lowest BCUT2D eigenvalue weighted by Gasteiger charge is -2.07. The van der Waals surface area contributed by atoms with Crippen LogP contribution >= 0.6 is 10.7 Å². The van der Waals surface area contributed by atoms with E-state index in [1.54, 1.807) is 0 Å². The molecule has 0 aromatic heterocycles. The molecule has 1 atom stereocenters. The van der Waals surface area contributed by atoms with Crippen LogP contribution < -0.4 is 5.14 Å². The Bertz CT molecular complexity index is 450. The average Bonchev–Trinajstić information content (AvgIpc) is 3.28. The van der Waals surface area contributed by atoms with E-state index in [9.17, 15) is 13.2 Å². The second-order valence-corrected chi connectivity index (χ2v) is 7.07. The first kappa shape index (κ1) is 19.2. The number of nitrogens with two attached hydrogens (primary N) is 1. The molecule has 1 unspecified atom stereocenters. The number of alkyl halides is 3. The van der Waals surface area contributed by atoms with Crippen LogP contribution in [0.25, 0.3) is 0 Å². The van der Waals surface area contributed by atoms with Crippen molar-refractivity contribution in [3.63, 3.8) is 0 Å². The predicted octanol–water partition coefficient (Wildman–Crippen LogP) is 6.01. The van der Waals surface area contributed by atoms with E-state index in [1.165, 1.54) is 57.1 Å². The maximum atomic E-state index is 12.1. The molecule has 1 nitrogen and oxygen atoms in total. The minimum atomic E-state index is -4.28. The normalized spacial score (nSPS) is 15.9. The Morgan fingerprint density at radius 2 is 1.73 bits per heavy atom. The fourth-order valence-corrected chi connectivity index (χ4v) is 2.57. The lowest BCUT2D eigenvalue weighted by Crippen LogP contribution is -2.04. The number of unbranched alkanes of at least 4 members (excludes halogenated alkanes) is 3. The second-order valence-electron chi connectivity index (χ2n) is 5.74. The van der Waals surface area contributed by atoms with Gasteiger partial charge in [-0.25, -0.2) is 0 Å². The maximum absolute atomic E-state index is 12.1. The topological polar surface area (TPSA) is 26.0 Å². The van der Waals surface area contributed by atoms with Gasteiger partial charge in [-0.2, -0.15) is 13.2 Å². The van der Waals surface area contributed by atoms with Crippen molar-refractivity contribution < 1.29 is 13.2 Å². The fraction of sp³-hybridized carbons (Fsp3) is 0.588. The monoisotopic (exact) mass is 333 g/mol. The Morgan fingerprint density at radius 3 is 2.14 bits per heavy atom. The van der Waals surface area contributed by atoms with Crippen LogP contribution in [0.3, 0.4) is 0 Å². The molecule has 2 rings (SSSR count). The second kappa shape index (κ2) is 9.36. The third-order valence-electron chi connectivity index (χ3n) is 3.65. The highest BCUT2D eigenvalue weighted by molar-refractivity contribution is 8.12. The molecule has 0 bridgehead atoms. The van der Waals surface area contributed by atoms with Gasteiger partial charge in [-0.05, 0) is 30.2 Å². The summed E-state index contributed by atoms with van der Waals surface area (Å²) >= 11 is 0. The van der Waals surface area contributed by atoms with Gasteiger partial charge in [0.2, 0.25) is 0 Å². The Balaban J connectivity index is 0.000000235. The Morgan fingerprint density at radius 1 is 1.14 bits per heavy atom. The largest absolute Gasteiger partial charge is 0.416 e. The first-order valence-corrected chi connectivity index (χ1v) is 9.26. The van der Waals surface area contributed by atoms with Gasteiger partial charge < -0.3 is 0 Å². The number of benzene rings is 1. The summed E-state index contributed by atoms with van der Waals surface area (Å²) in [5, 5.41) is 5.41. The lowest BCUT2D eigenvalue weighted by molar-refractivity contribution is -0.137. The number of rotatable bonds is 6. The molecule has 0 aliphatic heterocycles. The molecule has 0 saturated heterocycles. The standard InChI is InChI=1S/C9H18.C8H8F3NS/c1-2-3-4-5-6-9-7-8-9;1-13(12)7-4-2-6(3-5-7)8(9,10)11/h9H,2-8H2,1H3;2-5H,1,12H2. The summed E-state index contributed by atoms with van der Waals surface area (Å²) in [5.74, 6) is 4.68. The summed E-state index contributed by atoms with van der Waals surface area (Å²) in [4.78, 5) is 0.619. The van der Waals surface area contributed by atoms with Gasteiger partial charge in [0.05, 0.1) is 5.56 Å². The SMILES string of the molecule is C=S(N)c1ccc(C(F)(F)F)cc1.CCCCCCC1CC1. The Labute approximate surface area is 134 Å². The molecule has 22 heavy (non-hydrogen) atoms. The van der Waals surface area contributed by atoms with E-state index in [0.717, 1.165) is 18.1 Å². The van der Waals surface area contributed by atoms with Crippen LogP contribution in [0.15, 0.2) is 29.2 Å². The van der Waals surface area contributed by atoms with E-state index in [0.29, 0.717) is 4.90 Å². The van der Waals surface area contributed by atoms with Gasteiger partial charge in [0.1, 0.15) is 0 Å². The van der Waals surface area contributed by atoms with Crippen molar-refractivity contribution in [1.29, 1.82) is 0 Å². The smallest absolute Gasteiger partial charge is 0.280 e. The summed E-state index contributed by atoms with van der Waals surface area (Å²) in [7, 11) is -0.731. The van der Waals surface area contributed by atoms with Crippen molar-refractivity contribution in [2.24, 2.45) is 11.1 Å². The highest BCUT2D eigenvalue weighted by atomic mass is 32.2. The Hall–Kier alpha value is -0.810. The molecule has 0 spiro atoms. The first-order chi connectivity index (χ1) is 10.3. The van der Waals surface area contributed by atoms with Crippen molar-refractivity contribution >= 4 is 16.5 Å². The van der Waals surface area contributed by atoms with Crippen molar-refractivity contribution in [2.75, 3.05) is 0 Å². The van der Waals surface area contributed by atoms with Gasteiger partial charge in [-0.3, -0.25) is 5.14 Å². The minimum absolute atomic E-state index is 0.619. The average molecular weight is 333 g/mol. The molecule has 1 aromatic carbocycles. The molecular formula is C17H26F3NS. The molecule has 5 heteroatoms. The molecule has 0 heterocycles. The van der Waals surface area contributed by atoms with E-state index in [4.69, 9.17) is 5.14 Å². The molecule has 1 aromatic rings. The molecule has 2 N–H and O–H groups in total. The van der Waals surface area contributed by atoms with Crippen molar-refractivity contribution in [3.05, 3.63) is 29.8 Å². The predicted molar refractivity (Wildman–Crippen MR) is 90.1 cm³/mol. The van der Waals surface area contributed by atoms with Gasteiger partial charge in [-0.1, -0.05) is 68.4 Å². The molecule has 1 aliphatic carbocycles. The first-order valence-electron chi connectivity index (χ1n) is 7.80. The van der Waals surface area contributed by atoms with E-state index >= 15 is 0 Å². The van der Waals surface area contributed by atoms with Crippen molar-refractivity contribution in [2.45, 2.75) is 62.9 Å². The van der Waals surface area contributed by atoms with E-state index in [-0.39, 0.29) is 0 Å². The minimum Gasteiger partial charge on any atom is -0.280 e. The van der Waals surface area contributed by atoms with Crippen LogP contribution in [0.2, 0.25) is 0 Å². The third kappa shape index (κ3) is 7.99. The van der Waals surface area contributed by atoms with Gasteiger partial charge in [-0.15, -0.1) is 0 Å². The highest BCUT2D eigenvalue weighted by Gasteiger charge is 2.29. The van der Waals surface area contributed by atoms with Crippen LogP contribution in [-0.2, 0) is 6.18 Å². The number of halogens is 3. The summed E-state index contributed by atoms with van der Waals surface area (Å²) in [6, 6.07) is 4.71. The highest BCUT2D eigenvalue weighted by Crippen LogP contribution is 2.34. The molecular weight excluding hydrogens is 307 g/mol.